The Kier molecular flexibility index (Phi) is 8.33. The number of ketones is 2. The number of hydrogen-bond donors (Lipinski definition) is 3. The van der Waals surface area contributed by atoms with Crippen molar-refractivity contribution in [1.82, 2.24) is 0 Å². The average Bonchev–Trinajstić information content (AvgIpc) is 2.86. The number of ether oxygens (including phenoxy) is 1. The van der Waals surface area contributed by atoms with Crippen LogP contribution in [0.5, 0.6) is 5.75 Å². The third-order valence-electron chi connectivity index (χ3n) is 8.64. The molecule has 0 amide bonds. The first-order chi connectivity index (χ1) is 17.8. The lowest BCUT2D eigenvalue weighted by Crippen LogP contribution is -2.57. The highest BCUT2D eigenvalue weighted by Crippen LogP contribution is 2.46. The second-order valence-electron chi connectivity index (χ2n) is 11.8. The van der Waals surface area contributed by atoms with Gasteiger partial charge in [-0.1, -0.05) is 81.2 Å². The monoisotopic (exact) mass is 560 g/mol. The maximum Gasteiger partial charge on any atom is 0.197 e. The lowest BCUT2D eigenvalue weighted by molar-refractivity contribution is -0.139. The molecule has 0 spiro atoms. The fraction of sp³-hybridized carbons (Fsp3) is 0.533. The van der Waals surface area contributed by atoms with E-state index in [-0.39, 0.29) is 40.2 Å². The predicted octanol–water partition coefficient (Wildman–Crippen LogP) is 5.38. The normalized spacial score (nSPS) is 32.2. The van der Waals surface area contributed by atoms with Crippen LogP contribution in [0, 0.1) is 23.7 Å². The molecule has 2 saturated carbocycles. The second kappa shape index (κ2) is 10.9. The van der Waals surface area contributed by atoms with Crippen molar-refractivity contribution in [2.24, 2.45) is 35.1 Å². The summed E-state index contributed by atoms with van der Waals surface area (Å²) in [5.74, 6) is 0.166. The Balaban J connectivity index is 1.71. The van der Waals surface area contributed by atoms with E-state index in [1.54, 1.807) is 36.4 Å². The standard InChI is InChI=1S/C30H38Cl2N2O4/c1-16(2)18-12-23(35)27(36)30(34,14-18)21-9-7-11-24(26(21)32)38-25-13-19(17(3)4)15-29(33,28(25)37)20-8-5-6-10-22(20)31/h5-11,16-19,23,25,35H,12-15,33-34H2,1-4H3/t18-,19?,23+,25-,29-,30+/m0/s1. The van der Waals surface area contributed by atoms with Crippen molar-refractivity contribution >= 4 is 34.8 Å². The van der Waals surface area contributed by atoms with Crippen LogP contribution < -0.4 is 16.2 Å². The molecule has 4 rings (SSSR count). The average molecular weight is 562 g/mol. The number of benzene rings is 2. The largest absolute Gasteiger partial charge is 0.481 e. The number of rotatable bonds is 6. The molecule has 2 aliphatic carbocycles. The van der Waals surface area contributed by atoms with Crippen LogP contribution in [0.25, 0.3) is 0 Å². The Hall–Kier alpha value is -1.96. The molecule has 2 aromatic carbocycles. The van der Waals surface area contributed by atoms with Gasteiger partial charge in [-0.05, 0) is 67.1 Å². The van der Waals surface area contributed by atoms with Crippen LogP contribution in [0.1, 0.15) is 64.5 Å². The zero-order valence-corrected chi connectivity index (χ0v) is 23.9. The topological polar surface area (TPSA) is 116 Å². The van der Waals surface area contributed by atoms with Crippen molar-refractivity contribution in [3.05, 3.63) is 63.6 Å². The lowest BCUT2D eigenvalue weighted by atomic mass is 9.67. The van der Waals surface area contributed by atoms with E-state index in [1.165, 1.54) is 0 Å². The fourth-order valence-corrected chi connectivity index (χ4v) is 6.72. The molecule has 2 aliphatic rings. The highest BCUT2D eigenvalue weighted by Gasteiger charge is 2.51. The van der Waals surface area contributed by atoms with Crippen molar-refractivity contribution < 1.29 is 19.4 Å². The van der Waals surface area contributed by atoms with Gasteiger partial charge in [0.15, 0.2) is 17.7 Å². The first-order valence-electron chi connectivity index (χ1n) is 13.3. The molecule has 8 heteroatoms. The zero-order valence-electron chi connectivity index (χ0n) is 22.4. The summed E-state index contributed by atoms with van der Waals surface area (Å²) in [6.07, 6.45) is -0.370. The predicted molar refractivity (Wildman–Crippen MR) is 150 cm³/mol. The quantitative estimate of drug-likeness (QED) is 0.436. The number of aliphatic hydroxyl groups excluding tert-OH is 1. The van der Waals surface area contributed by atoms with Gasteiger partial charge in [0, 0.05) is 10.6 Å². The van der Waals surface area contributed by atoms with Gasteiger partial charge in [-0.3, -0.25) is 9.59 Å². The third kappa shape index (κ3) is 5.14. The maximum atomic E-state index is 13.9. The molecule has 0 radical (unpaired) electrons. The number of halogens is 2. The van der Waals surface area contributed by atoms with Gasteiger partial charge in [-0.25, -0.2) is 0 Å². The number of nitrogens with two attached hydrogens (primary N) is 2. The van der Waals surface area contributed by atoms with Crippen LogP contribution in [0.2, 0.25) is 10.0 Å². The summed E-state index contributed by atoms with van der Waals surface area (Å²) in [5, 5.41) is 11.1. The molecular weight excluding hydrogens is 523 g/mol. The van der Waals surface area contributed by atoms with E-state index in [0.717, 1.165) is 0 Å². The Morgan fingerprint density at radius 3 is 2.00 bits per heavy atom. The Morgan fingerprint density at radius 1 is 0.842 bits per heavy atom. The molecule has 206 valence electrons. The highest BCUT2D eigenvalue weighted by molar-refractivity contribution is 6.33. The van der Waals surface area contributed by atoms with E-state index < -0.39 is 29.1 Å². The molecule has 0 aliphatic heterocycles. The number of carbonyl (C=O) groups is 2. The van der Waals surface area contributed by atoms with E-state index in [2.05, 4.69) is 13.8 Å². The highest BCUT2D eigenvalue weighted by atomic mass is 35.5. The van der Waals surface area contributed by atoms with Gasteiger partial charge in [0.1, 0.15) is 22.9 Å². The molecule has 0 heterocycles. The summed E-state index contributed by atoms with van der Waals surface area (Å²) in [6.45, 7) is 8.29. The lowest BCUT2D eigenvalue weighted by Gasteiger charge is -2.43. The van der Waals surface area contributed by atoms with Crippen LogP contribution in [-0.4, -0.2) is 28.9 Å². The van der Waals surface area contributed by atoms with Crippen molar-refractivity contribution in [1.29, 1.82) is 0 Å². The smallest absolute Gasteiger partial charge is 0.197 e. The minimum atomic E-state index is -1.46. The molecule has 2 aromatic rings. The van der Waals surface area contributed by atoms with Crippen LogP contribution in [0.4, 0.5) is 0 Å². The summed E-state index contributed by atoms with van der Waals surface area (Å²) in [5.41, 5.74) is 11.7. The Bertz CT molecular complexity index is 1220. The zero-order chi connectivity index (χ0) is 28.0. The SMILES string of the molecule is CC(C)C1C[C@H](Oc2cccc([C@]3(N)C[C@@H](C(C)C)C[C@@H](O)C3=O)c2Cl)C(=O)[C@@](N)(c2ccccc2Cl)C1. The molecule has 0 aromatic heterocycles. The summed E-state index contributed by atoms with van der Waals surface area (Å²) >= 11 is 13.3. The molecule has 5 N–H and O–H groups in total. The summed E-state index contributed by atoms with van der Waals surface area (Å²) in [6, 6.07) is 12.2. The molecule has 38 heavy (non-hydrogen) atoms. The van der Waals surface area contributed by atoms with Gasteiger partial charge in [0.05, 0.1) is 5.02 Å². The third-order valence-corrected chi connectivity index (χ3v) is 9.36. The van der Waals surface area contributed by atoms with Gasteiger partial charge >= 0.3 is 0 Å². The first kappa shape index (κ1) is 29.0. The van der Waals surface area contributed by atoms with Gasteiger partial charge in [0.2, 0.25) is 0 Å². The van der Waals surface area contributed by atoms with Crippen molar-refractivity contribution in [2.45, 2.75) is 76.7 Å². The molecule has 1 unspecified atom stereocenters. The van der Waals surface area contributed by atoms with E-state index >= 15 is 0 Å². The summed E-state index contributed by atoms with van der Waals surface area (Å²) < 4.78 is 6.31. The number of Topliss-reactive ketones (excluding diaryl/α,β-unsaturated/α-hetero) is 2. The summed E-state index contributed by atoms with van der Waals surface area (Å²) in [4.78, 5) is 27.0. The van der Waals surface area contributed by atoms with Crippen molar-refractivity contribution in [3.63, 3.8) is 0 Å². The second-order valence-corrected chi connectivity index (χ2v) is 12.6. The number of carbonyl (C=O) groups excluding carboxylic acids is 2. The molecule has 6 atom stereocenters. The van der Waals surface area contributed by atoms with E-state index in [9.17, 15) is 14.7 Å². The number of hydrogen-bond acceptors (Lipinski definition) is 6. The molecule has 0 bridgehead atoms. The van der Waals surface area contributed by atoms with Crippen LogP contribution >= 0.6 is 23.2 Å². The number of aliphatic hydroxyl groups is 1. The van der Waals surface area contributed by atoms with E-state index in [4.69, 9.17) is 39.4 Å². The van der Waals surface area contributed by atoms with Crippen molar-refractivity contribution in [3.8, 4) is 5.75 Å². The Labute approximate surface area is 235 Å². The first-order valence-corrected chi connectivity index (χ1v) is 14.1. The van der Waals surface area contributed by atoms with Gasteiger partial charge in [0.25, 0.3) is 0 Å². The van der Waals surface area contributed by atoms with Crippen LogP contribution in [0.3, 0.4) is 0 Å². The maximum absolute atomic E-state index is 13.9. The van der Waals surface area contributed by atoms with Crippen LogP contribution in [-0.2, 0) is 20.7 Å². The van der Waals surface area contributed by atoms with E-state index in [0.29, 0.717) is 41.8 Å². The fourth-order valence-electron chi connectivity index (χ4n) is 6.08. The molecule has 0 saturated heterocycles. The van der Waals surface area contributed by atoms with Gasteiger partial charge in [-0.2, -0.15) is 0 Å². The van der Waals surface area contributed by atoms with Gasteiger partial charge in [-0.15, -0.1) is 0 Å². The molecular formula is C30H38Cl2N2O4. The molecule has 6 nitrogen and oxygen atoms in total. The summed E-state index contributed by atoms with van der Waals surface area (Å²) in [7, 11) is 0. The molecule has 2 fully saturated rings. The Morgan fingerprint density at radius 2 is 1.39 bits per heavy atom. The van der Waals surface area contributed by atoms with E-state index in [1.807, 2.05) is 19.9 Å². The minimum absolute atomic E-state index is 0.0496. The van der Waals surface area contributed by atoms with Gasteiger partial charge < -0.3 is 21.3 Å². The van der Waals surface area contributed by atoms with Crippen molar-refractivity contribution in [2.75, 3.05) is 0 Å². The minimum Gasteiger partial charge on any atom is -0.481 e. The van der Waals surface area contributed by atoms with Crippen LogP contribution in [0.15, 0.2) is 42.5 Å².